The van der Waals surface area contributed by atoms with Crippen molar-refractivity contribution in [2.24, 2.45) is 11.8 Å². The second-order valence-corrected chi connectivity index (χ2v) is 6.41. The van der Waals surface area contributed by atoms with Crippen LogP contribution in [0.25, 0.3) is 0 Å². The highest BCUT2D eigenvalue weighted by atomic mass is 16.5. The third-order valence-corrected chi connectivity index (χ3v) is 4.92. The van der Waals surface area contributed by atoms with Gasteiger partial charge in [0.2, 0.25) is 0 Å². The first-order valence-corrected chi connectivity index (χ1v) is 8.46. The molecule has 0 saturated carbocycles. The van der Waals surface area contributed by atoms with Crippen molar-refractivity contribution in [3.8, 4) is 0 Å². The first kappa shape index (κ1) is 17.9. The van der Waals surface area contributed by atoms with Gasteiger partial charge in [-0.15, -0.1) is 0 Å². The standard InChI is InChI=1S/C20H21NO5/c1-25-19(23)16-10-14-8-9-21(12-13-6-4-3-5-7-13)18(22)15(14)11-17(16)20(24)26-2/h3-9,16-17H,10-12H2,1-2H3/t16-,17+/m1/s1. The lowest BCUT2D eigenvalue weighted by atomic mass is 9.76. The molecule has 0 fully saturated rings. The molecule has 26 heavy (non-hydrogen) atoms. The normalized spacial score (nSPS) is 18.7. The second-order valence-electron chi connectivity index (χ2n) is 6.41. The van der Waals surface area contributed by atoms with Crippen molar-refractivity contribution in [3.63, 3.8) is 0 Å². The molecule has 0 spiro atoms. The molecule has 136 valence electrons. The Kier molecular flexibility index (Phi) is 5.21. The predicted octanol–water partition coefficient (Wildman–Crippen LogP) is 1.57. The number of fused-ring (bicyclic) bond motifs is 1. The summed E-state index contributed by atoms with van der Waals surface area (Å²) < 4.78 is 11.3. The summed E-state index contributed by atoms with van der Waals surface area (Å²) in [6, 6.07) is 11.5. The molecule has 0 unspecified atom stereocenters. The van der Waals surface area contributed by atoms with Crippen LogP contribution in [0.4, 0.5) is 0 Å². The zero-order valence-electron chi connectivity index (χ0n) is 14.8. The number of rotatable bonds is 4. The predicted molar refractivity (Wildman–Crippen MR) is 94.7 cm³/mol. The molecule has 0 radical (unpaired) electrons. The molecule has 3 rings (SSSR count). The topological polar surface area (TPSA) is 74.6 Å². The molecule has 2 atom stereocenters. The highest BCUT2D eigenvalue weighted by molar-refractivity contribution is 5.83. The molecular weight excluding hydrogens is 334 g/mol. The molecule has 6 nitrogen and oxygen atoms in total. The molecule has 0 bridgehead atoms. The molecular formula is C20H21NO5. The van der Waals surface area contributed by atoms with Crippen molar-refractivity contribution in [2.75, 3.05) is 14.2 Å². The molecule has 0 aliphatic heterocycles. The van der Waals surface area contributed by atoms with Gasteiger partial charge in [-0.05, 0) is 30.0 Å². The maximum Gasteiger partial charge on any atom is 0.309 e. The van der Waals surface area contributed by atoms with Crippen molar-refractivity contribution >= 4 is 11.9 Å². The van der Waals surface area contributed by atoms with E-state index in [0.29, 0.717) is 18.5 Å². The van der Waals surface area contributed by atoms with E-state index < -0.39 is 23.8 Å². The first-order chi connectivity index (χ1) is 12.5. The molecule has 6 heteroatoms. The number of pyridine rings is 1. The Morgan fingerprint density at radius 3 is 2.23 bits per heavy atom. The quantitative estimate of drug-likeness (QED) is 0.779. The van der Waals surface area contributed by atoms with Crippen LogP contribution in [0.5, 0.6) is 0 Å². The minimum atomic E-state index is -0.708. The van der Waals surface area contributed by atoms with Crippen molar-refractivity contribution in [2.45, 2.75) is 19.4 Å². The molecule has 1 aliphatic carbocycles. The Morgan fingerprint density at radius 1 is 1.00 bits per heavy atom. The number of hydrogen-bond donors (Lipinski definition) is 0. The number of esters is 2. The zero-order valence-corrected chi connectivity index (χ0v) is 14.8. The number of hydrogen-bond acceptors (Lipinski definition) is 5. The van der Waals surface area contributed by atoms with E-state index >= 15 is 0 Å². The van der Waals surface area contributed by atoms with Crippen LogP contribution in [0.2, 0.25) is 0 Å². The summed E-state index contributed by atoms with van der Waals surface area (Å²) in [4.78, 5) is 37.2. The fourth-order valence-electron chi connectivity index (χ4n) is 3.51. The molecule has 1 heterocycles. The number of nitrogens with zero attached hydrogens (tertiary/aromatic N) is 1. The highest BCUT2D eigenvalue weighted by Crippen LogP contribution is 2.30. The van der Waals surface area contributed by atoms with E-state index in [2.05, 4.69) is 0 Å². The van der Waals surface area contributed by atoms with Crippen molar-refractivity contribution < 1.29 is 19.1 Å². The third-order valence-electron chi connectivity index (χ3n) is 4.92. The summed E-state index contributed by atoms with van der Waals surface area (Å²) >= 11 is 0. The number of aromatic nitrogens is 1. The molecule has 1 aliphatic rings. The zero-order chi connectivity index (χ0) is 18.7. The van der Waals surface area contributed by atoms with Gasteiger partial charge in [-0.1, -0.05) is 30.3 Å². The maximum absolute atomic E-state index is 12.9. The summed E-state index contributed by atoms with van der Waals surface area (Å²) in [5.74, 6) is -2.30. The number of carbonyl (C=O) groups is 2. The Labute approximate surface area is 151 Å². The number of methoxy groups -OCH3 is 2. The van der Waals surface area contributed by atoms with Crippen LogP contribution in [0.3, 0.4) is 0 Å². The fourth-order valence-corrected chi connectivity index (χ4v) is 3.51. The summed E-state index contributed by atoms with van der Waals surface area (Å²) in [5, 5.41) is 0. The first-order valence-electron chi connectivity index (χ1n) is 8.46. The molecule has 1 aromatic carbocycles. The maximum atomic E-state index is 12.9. The molecule has 0 N–H and O–H groups in total. The van der Waals surface area contributed by atoms with E-state index in [1.807, 2.05) is 36.4 Å². The van der Waals surface area contributed by atoms with Gasteiger partial charge < -0.3 is 14.0 Å². The lowest BCUT2D eigenvalue weighted by Gasteiger charge is -2.29. The Hall–Kier alpha value is -2.89. The van der Waals surface area contributed by atoms with Crippen molar-refractivity contribution in [3.05, 3.63) is 69.6 Å². The van der Waals surface area contributed by atoms with Gasteiger partial charge in [0, 0.05) is 11.8 Å². The van der Waals surface area contributed by atoms with Gasteiger partial charge in [-0.3, -0.25) is 14.4 Å². The van der Waals surface area contributed by atoms with Crippen LogP contribution in [0.15, 0.2) is 47.4 Å². The van der Waals surface area contributed by atoms with Crippen LogP contribution < -0.4 is 5.56 Å². The average molecular weight is 355 g/mol. The highest BCUT2D eigenvalue weighted by Gasteiger charge is 2.40. The Balaban J connectivity index is 1.96. The van der Waals surface area contributed by atoms with E-state index in [1.165, 1.54) is 14.2 Å². The molecule has 0 saturated heterocycles. The van der Waals surface area contributed by atoms with Gasteiger partial charge in [0.1, 0.15) is 0 Å². The van der Waals surface area contributed by atoms with Crippen LogP contribution in [0.1, 0.15) is 16.7 Å². The fraction of sp³-hybridized carbons (Fsp3) is 0.350. The van der Waals surface area contributed by atoms with Gasteiger partial charge in [0.05, 0.1) is 32.6 Å². The van der Waals surface area contributed by atoms with Gasteiger partial charge in [-0.25, -0.2) is 0 Å². The lowest BCUT2D eigenvalue weighted by Crippen LogP contribution is -2.41. The number of carbonyl (C=O) groups excluding carboxylic acids is 2. The minimum absolute atomic E-state index is 0.136. The van der Waals surface area contributed by atoms with E-state index in [-0.39, 0.29) is 12.0 Å². The van der Waals surface area contributed by atoms with E-state index in [1.54, 1.807) is 10.8 Å². The van der Waals surface area contributed by atoms with Gasteiger partial charge in [-0.2, -0.15) is 0 Å². The smallest absolute Gasteiger partial charge is 0.309 e. The van der Waals surface area contributed by atoms with Crippen LogP contribution >= 0.6 is 0 Å². The van der Waals surface area contributed by atoms with Crippen LogP contribution in [-0.2, 0) is 38.4 Å². The second kappa shape index (κ2) is 7.56. The molecule has 2 aromatic rings. The van der Waals surface area contributed by atoms with E-state index in [9.17, 15) is 14.4 Å². The largest absolute Gasteiger partial charge is 0.469 e. The van der Waals surface area contributed by atoms with Crippen LogP contribution in [0, 0.1) is 11.8 Å². The van der Waals surface area contributed by atoms with Crippen molar-refractivity contribution in [1.29, 1.82) is 0 Å². The monoisotopic (exact) mass is 355 g/mol. The number of benzene rings is 1. The minimum Gasteiger partial charge on any atom is -0.469 e. The number of ether oxygens (including phenoxy) is 2. The third kappa shape index (κ3) is 3.40. The van der Waals surface area contributed by atoms with Crippen LogP contribution in [-0.4, -0.2) is 30.7 Å². The summed E-state index contributed by atoms with van der Waals surface area (Å²) in [7, 11) is 2.58. The van der Waals surface area contributed by atoms with E-state index in [4.69, 9.17) is 9.47 Å². The summed E-state index contributed by atoms with van der Waals surface area (Å²) in [5.41, 5.74) is 2.24. The SMILES string of the molecule is COC(=O)[C@H]1Cc2c(ccn(Cc3ccccc3)c2=O)C[C@H]1C(=O)OC. The summed E-state index contributed by atoms with van der Waals surface area (Å²) in [6.45, 7) is 0.455. The van der Waals surface area contributed by atoms with Gasteiger partial charge in [0.25, 0.3) is 5.56 Å². The molecule has 1 aromatic heterocycles. The van der Waals surface area contributed by atoms with Gasteiger partial charge in [0.15, 0.2) is 0 Å². The van der Waals surface area contributed by atoms with Crippen molar-refractivity contribution in [1.82, 2.24) is 4.57 Å². The molecule has 0 amide bonds. The Bertz CT molecular complexity index is 872. The Morgan fingerprint density at radius 2 is 1.62 bits per heavy atom. The summed E-state index contributed by atoms with van der Waals surface area (Å²) in [6.07, 6.45) is 2.21. The van der Waals surface area contributed by atoms with Gasteiger partial charge >= 0.3 is 11.9 Å². The lowest BCUT2D eigenvalue weighted by molar-refractivity contribution is -0.158. The average Bonchev–Trinajstić information content (AvgIpc) is 2.69. The van der Waals surface area contributed by atoms with E-state index in [0.717, 1.165) is 11.1 Å².